The van der Waals surface area contributed by atoms with E-state index in [2.05, 4.69) is 4.98 Å². The molecule has 20 heavy (non-hydrogen) atoms. The fraction of sp³-hybridized carbons (Fsp3) is 0.0833. The van der Waals surface area contributed by atoms with Gasteiger partial charge in [0, 0.05) is 28.5 Å². The van der Waals surface area contributed by atoms with Crippen LogP contribution in [0.5, 0.6) is 0 Å². The number of nitrogens with zero attached hydrogens (tertiary/aromatic N) is 1. The third-order valence-electron chi connectivity index (χ3n) is 2.44. The van der Waals surface area contributed by atoms with Crippen LogP contribution in [0.4, 0.5) is 11.4 Å². The first-order chi connectivity index (χ1) is 9.29. The Bertz CT molecular complexity index is 782. The van der Waals surface area contributed by atoms with Gasteiger partial charge in [-0.15, -0.1) is 0 Å². The summed E-state index contributed by atoms with van der Waals surface area (Å²) in [5.74, 6) is 0. The lowest BCUT2D eigenvalue weighted by Gasteiger charge is -2.21. The zero-order chi connectivity index (χ0) is 14.9. The van der Waals surface area contributed by atoms with Crippen LogP contribution in [0.2, 0.25) is 10.0 Å². The molecule has 1 N–H and O–H groups in total. The number of anilines is 2. The molecule has 0 fully saturated rings. The molecule has 8 heteroatoms. The lowest BCUT2D eigenvalue weighted by atomic mass is 10.3. The van der Waals surface area contributed by atoms with E-state index in [-0.39, 0.29) is 21.4 Å². The summed E-state index contributed by atoms with van der Waals surface area (Å²) in [6.45, 7) is 0. The highest BCUT2D eigenvalue weighted by Crippen LogP contribution is 2.30. The van der Waals surface area contributed by atoms with E-state index in [4.69, 9.17) is 23.2 Å². The van der Waals surface area contributed by atoms with Crippen LogP contribution in [0.1, 0.15) is 0 Å². The quantitative estimate of drug-likeness (QED) is 0.939. The van der Waals surface area contributed by atoms with Crippen LogP contribution in [-0.4, -0.2) is 19.7 Å². The molecule has 0 bridgehead atoms. The van der Waals surface area contributed by atoms with Crippen LogP contribution in [0.25, 0.3) is 0 Å². The van der Waals surface area contributed by atoms with E-state index >= 15 is 0 Å². The maximum atomic E-state index is 12.0. The predicted octanol–water partition coefficient (Wildman–Crippen LogP) is 2.78. The van der Waals surface area contributed by atoms with Crippen LogP contribution in [0.15, 0.2) is 41.5 Å². The summed E-state index contributed by atoms with van der Waals surface area (Å²) in [6.07, 6.45) is 3.71. The molecule has 1 aromatic heterocycles. The zero-order valence-corrected chi connectivity index (χ0v) is 12.6. The van der Waals surface area contributed by atoms with E-state index in [9.17, 15) is 13.2 Å². The molecular weight excluding hydrogens is 323 g/mol. The second kappa shape index (κ2) is 5.47. The molecule has 0 aliphatic rings. The topological polar surface area (TPSA) is 70.2 Å². The first-order valence-corrected chi connectivity index (χ1v) is 8.03. The van der Waals surface area contributed by atoms with Gasteiger partial charge in [-0.05, 0) is 18.2 Å². The van der Waals surface area contributed by atoms with E-state index < -0.39 is 15.5 Å². The Kier molecular flexibility index (Phi) is 4.08. The van der Waals surface area contributed by atoms with Gasteiger partial charge in [-0.1, -0.05) is 23.2 Å². The largest absolute Gasteiger partial charge is 0.366 e. The van der Waals surface area contributed by atoms with Crippen molar-refractivity contribution < 1.29 is 8.42 Å². The van der Waals surface area contributed by atoms with Crippen molar-refractivity contribution in [1.82, 2.24) is 4.98 Å². The highest BCUT2D eigenvalue weighted by atomic mass is 35.5. The molecule has 0 saturated heterocycles. The van der Waals surface area contributed by atoms with Crippen LogP contribution in [-0.2, 0) is 10.0 Å². The fourth-order valence-electron chi connectivity index (χ4n) is 1.73. The molecule has 0 radical (unpaired) electrons. The van der Waals surface area contributed by atoms with Gasteiger partial charge in [0.2, 0.25) is 15.5 Å². The minimum absolute atomic E-state index is 0.0340. The number of aromatic amines is 1. The van der Waals surface area contributed by atoms with Crippen LogP contribution in [0.3, 0.4) is 0 Å². The van der Waals surface area contributed by atoms with Crippen LogP contribution >= 0.6 is 23.2 Å². The fourth-order valence-corrected chi connectivity index (χ4v) is 3.23. The molecular formula is C12H10Cl2N2O3S. The van der Waals surface area contributed by atoms with Gasteiger partial charge >= 0.3 is 0 Å². The van der Waals surface area contributed by atoms with Crippen molar-refractivity contribution in [2.45, 2.75) is 0 Å². The van der Waals surface area contributed by atoms with Crippen LogP contribution < -0.4 is 9.73 Å². The molecule has 1 heterocycles. The van der Waals surface area contributed by atoms with Crippen molar-refractivity contribution >= 4 is 44.6 Å². The van der Waals surface area contributed by atoms with Crippen molar-refractivity contribution in [3.8, 4) is 0 Å². The normalized spacial score (nSPS) is 11.3. The summed E-state index contributed by atoms with van der Waals surface area (Å²) in [7, 11) is -3.73. The van der Waals surface area contributed by atoms with Crippen molar-refractivity contribution in [2.75, 3.05) is 10.6 Å². The van der Waals surface area contributed by atoms with Crippen molar-refractivity contribution in [2.24, 2.45) is 0 Å². The second-order valence-electron chi connectivity index (χ2n) is 4.05. The minimum atomic E-state index is -3.73. The molecule has 0 atom stereocenters. The number of H-pyrrole nitrogens is 1. The molecule has 0 spiro atoms. The number of benzene rings is 1. The number of rotatable bonds is 3. The molecule has 1 aromatic carbocycles. The molecule has 0 unspecified atom stereocenters. The van der Waals surface area contributed by atoms with E-state index in [0.717, 1.165) is 10.6 Å². The Morgan fingerprint density at radius 2 is 1.75 bits per heavy atom. The molecule has 0 saturated carbocycles. The number of aromatic nitrogens is 1. The summed E-state index contributed by atoms with van der Waals surface area (Å²) in [5.41, 5.74) is -0.277. The summed E-state index contributed by atoms with van der Waals surface area (Å²) in [5, 5.41) is 0.544. The molecule has 106 valence electrons. The third-order valence-corrected chi connectivity index (χ3v) is 3.94. The van der Waals surface area contributed by atoms with E-state index in [1.807, 2.05) is 0 Å². The van der Waals surface area contributed by atoms with Crippen LogP contribution in [0, 0.1) is 0 Å². The van der Waals surface area contributed by atoms with Gasteiger partial charge in [0.1, 0.15) is 5.69 Å². The molecule has 0 aliphatic carbocycles. The lowest BCUT2D eigenvalue weighted by molar-refractivity contribution is 0.602. The van der Waals surface area contributed by atoms with Gasteiger partial charge in [0.15, 0.2) is 0 Å². The van der Waals surface area contributed by atoms with Gasteiger partial charge in [-0.2, -0.15) is 0 Å². The Morgan fingerprint density at radius 3 is 2.25 bits per heavy atom. The maximum absolute atomic E-state index is 12.0. The highest BCUT2D eigenvalue weighted by molar-refractivity contribution is 7.92. The van der Waals surface area contributed by atoms with Crippen molar-refractivity contribution in [3.63, 3.8) is 0 Å². The average molecular weight is 333 g/mol. The minimum Gasteiger partial charge on any atom is -0.366 e. The first-order valence-electron chi connectivity index (χ1n) is 5.42. The number of halogens is 2. The van der Waals surface area contributed by atoms with E-state index in [0.29, 0.717) is 0 Å². The van der Waals surface area contributed by atoms with E-state index in [1.165, 1.54) is 36.7 Å². The van der Waals surface area contributed by atoms with Gasteiger partial charge < -0.3 is 4.98 Å². The van der Waals surface area contributed by atoms with Crippen molar-refractivity contribution in [1.29, 1.82) is 0 Å². The number of hydrogen-bond acceptors (Lipinski definition) is 3. The SMILES string of the molecule is CS(=O)(=O)N(c1cc(Cl)cc(Cl)c1)c1c[nH]ccc1=O. The summed E-state index contributed by atoms with van der Waals surface area (Å²) in [6, 6.07) is 5.55. The zero-order valence-electron chi connectivity index (χ0n) is 10.3. The highest BCUT2D eigenvalue weighted by Gasteiger charge is 2.22. The lowest BCUT2D eigenvalue weighted by Crippen LogP contribution is -2.29. The van der Waals surface area contributed by atoms with Gasteiger partial charge in [0.25, 0.3) is 0 Å². The molecule has 2 rings (SSSR count). The second-order valence-corrected chi connectivity index (χ2v) is 6.75. The number of nitrogens with one attached hydrogen (secondary N) is 1. The number of pyridine rings is 1. The monoisotopic (exact) mass is 332 g/mol. The summed E-state index contributed by atoms with van der Waals surface area (Å²) in [4.78, 5) is 14.5. The third kappa shape index (κ3) is 3.15. The molecule has 2 aromatic rings. The first kappa shape index (κ1) is 14.9. The summed E-state index contributed by atoms with van der Waals surface area (Å²) >= 11 is 11.8. The Hall–Kier alpha value is -1.50. The standard InChI is InChI=1S/C12H10Cl2N2O3S/c1-20(18,19)16(11-7-15-3-2-12(11)17)10-5-8(13)4-9(14)6-10/h2-7H,1H3,(H,15,17). The molecule has 0 amide bonds. The number of hydrogen-bond donors (Lipinski definition) is 1. The predicted molar refractivity (Wildman–Crippen MR) is 80.5 cm³/mol. The van der Waals surface area contributed by atoms with Gasteiger partial charge in [-0.25, -0.2) is 12.7 Å². The molecule has 0 aliphatic heterocycles. The van der Waals surface area contributed by atoms with Gasteiger partial charge in [0.05, 0.1) is 11.9 Å². The Morgan fingerprint density at radius 1 is 1.15 bits per heavy atom. The number of sulfonamides is 1. The molecule has 5 nitrogen and oxygen atoms in total. The smallest absolute Gasteiger partial charge is 0.236 e. The average Bonchev–Trinajstić information content (AvgIpc) is 2.29. The Labute approximate surface area is 125 Å². The van der Waals surface area contributed by atoms with E-state index in [1.54, 1.807) is 0 Å². The summed E-state index contributed by atoms with van der Waals surface area (Å²) < 4.78 is 24.9. The Balaban J connectivity index is 2.73. The van der Waals surface area contributed by atoms with Gasteiger partial charge in [-0.3, -0.25) is 4.79 Å². The maximum Gasteiger partial charge on any atom is 0.236 e. The van der Waals surface area contributed by atoms with Crippen molar-refractivity contribution in [3.05, 3.63) is 56.9 Å².